The highest BCUT2D eigenvalue weighted by molar-refractivity contribution is 5.93. The number of aromatic carboxylic acids is 1. The number of ether oxygens (including phenoxy) is 2. The Labute approximate surface area is 251 Å². The molecule has 2 fully saturated rings. The lowest BCUT2D eigenvalue weighted by molar-refractivity contribution is -0.229. The van der Waals surface area contributed by atoms with Crippen LogP contribution in [0.15, 0.2) is 12.1 Å². The number of aliphatic hydroxyl groups is 2. The second kappa shape index (κ2) is 13.7. The molecule has 0 bridgehead atoms. The van der Waals surface area contributed by atoms with Crippen LogP contribution in [-0.2, 0) is 20.7 Å². The first kappa shape index (κ1) is 34.5. The fourth-order valence-corrected chi connectivity index (χ4v) is 7.45. The predicted octanol–water partition coefficient (Wildman–Crippen LogP) is 5.84. The van der Waals surface area contributed by atoms with Gasteiger partial charge in [0.2, 0.25) is 0 Å². The van der Waals surface area contributed by atoms with E-state index in [1.807, 2.05) is 27.7 Å². The van der Waals surface area contributed by atoms with Crippen LogP contribution in [0, 0.1) is 30.6 Å². The first-order valence-electron chi connectivity index (χ1n) is 16.0. The van der Waals surface area contributed by atoms with Gasteiger partial charge in [-0.3, -0.25) is 4.79 Å². The molecule has 0 aliphatic carbocycles. The predicted molar refractivity (Wildman–Crippen MR) is 162 cm³/mol. The molecule has 8 nitrogen and oxygen atoms in total. The van der Waals surface area contributed by atoms with Gasteiger partial charge in [-0.15, -0.1) is 0 Å². The van der Waals surface area contributed by atoms with Crippen LogP contribution in [0.5, 0.6) is 5.75 Å². The summed E-state index contributed by atoms with van der Waals surface area (Å²) in [7, 11) is 0. The van der Waals surface area contributed by atoms with Gasteiger partial charge in [0.1, 0.15) is 17.1 Å². The van der Waals surface area contributed by atoms with E-state index in [0.29, 0.717) is 49.7 Å². The maximum Gasteiger partial charge on any atom is 0.339 e. The highest BCUT2D eigenvalue weighted by Crippen LogP contribution is 2.48. The average Bonchev–Trinajstić information content (AvgIpc) is 3.31. The van der Waals surface area contributed by atoms with E-state index in [1.54, 1.807) is 26.0 Å². The molecule has 8 heteroatoms. The number of ketones is 1. The fraction of sp³-hybridized carbons (Fsp3) is 0.765. The number of carbonyl (C=O) groups is 2. The van der Waals surface area contributed by atoms with E-state index in [2.05, 4.69) is 13.8 Å². The highest BCUT2D eigenvalue weighted by Gasteiger charge is 2.55. The first-order valence-corrected chi connectivity index (χ1v) is 16.0. The summed E-state index contributed by atoms with van der Waals surface area (Å²) in [4.78, 5) is 25.7. The number of carbonyl (C=O) groups excluding carboxylic acids is 1. The Hall–Kier alpha value is -2.00. The van der Waals surface area contributed by atoms with Crippen LogP contribution >= 0.6 is 0 Å². The molecule has 2 aliphatic rings. The van der Waals surface area contributed by atoms with Gasteiger partial charge in [-0.25, -0.2) is 4.79 Å². The van der Waals surface area contributed by atoms with Gasteiger partial charge in [0.25, 0.3) is 0 Å². The highest BCUT2D eigenvalue weighted by atomic mass is 16.6. The third kappa shape index (κ3) is 6.72. The van der Waals surface area contributed by atoms with Crippen molar-refractivity contribution >= 4 is 11.8 Å². The fourth-order valence-electron chi connectivity index (χ4n) is 7.45. The Morgan fingerprint density at radius 2 is 1.79 bits per heavy atom. The third-order valence-electron chi connectivity index (χ3n) is 10.7. The largest absolute Gasteiger partial charge is 0.507 e. The number of aromatic hydroxyl groups is 1. The lowest BCUT2D eigenvalue weighted by Crippen LogP contribution is -2.55. The Balaban J connectivity index is 1.69. The second-order valence-electron chi connectivity index (χ2n) is 13.2. The molecule has 10 atom stereocenters. The average molecular weight is 591 g/mol. The van der Waals surface area contributed by atoms with Gasteiger partial charge in [-0.1, -0.05) is 53.7 Å². The van der Waals surface area contributed by atoms with Crippen LogP contribution < -0.4 is 0 Å². The minimum Gasteiger partial charge on any atom is -0.507 e. The van der Waals surface area contributed by atoms with Crippen molar-refractivity contribution in [2.24, 2.45) is 23.7 Å². The molecule has 1 aromatic rings. The van der Waals surface area contributed by atoms with E-state index in [-0.39, 0.29) is 53.2 Å². The normalized spacial score (nSPS) is 32.7. The smallest absolute Gasteiger partial charge is 0.339 e. The third-order valence-corrected chi connectivity index (χ3v) is 10.7. The standard InChI is InChI=1S/C34H54O8/c1-9-25(31-21(6)18-34(11-3,42-31)26-16-17-33(40,10-2)23(8)41-26)30(37)22(7)28(35)19(4)12-14-24-15-13-20(5)29(36)27(24)32(38)39/h13,15,19,21-23,25-26,28,31,35-36,40H,9-12,14,16-18H2,1-8H3,(H,38,39)/t19-,21+,22-,23-,25+,26-,28+,31-,33+,34-/m0/s1. The molecule has 0 aromatic heterocycles. The van der Waals surface area contributed by atoms with Gasteiger partial charge in [-0.2, -0.15) is 0 Å². The quantitative estimate of drug-likeness (QED) is 0.225. The maximum atomic E-state index is 13.9. The number of Topliss-reactive ketones (excluding diaryl/α,β-unsaturated/α-hetero) is 1. The minimum absolute atomic E-state index is 0.0157. The minimum atomic E-state index is -1.18. The second-order valence-corrected chi connectivity index (χ2v) is 13.2. The Bertz CT molecular complexity index is 1100. The van der Waals surface area contributed by atoms with Gasteiger partial charge in [0.05, 0.1) is 35.6 Å². The summed E-state index contributed by atoms with van der Waals surface area (Å²) in [5, 5.41) is 42.1. The van der Waals surface area contributed by atoms with Crippen LogP contribution in [-0.4, -0.2) is 67.8 Å². The first-order chi connectivity index (χ1) is 19.7. The van der Waals surface area contributed by atoms with Crippen molar-refractivity contribution in [1.29, 1.82) is 0 Å². The number of carboxylic acids is 1. The number of hydrogen-bond donors (Lipinski definition) is 4. The molecule has 3 rings (SSSR count). The van der Waals surface area contributed by atoms with E-state index in [9.17, 15) is 30.0 Å². The zero-order valence-corrected chi connectivity index (χ0v) is 26.9. The van der Waals surface area contributed by atoms with Crippen LogP contribution in [0.3, 0.4) is 0 Å². The van der Waals surface area contributed by atoms with E-state index < -0.39 is 29.2 Å². The molecule has 2 saturated heterocycles. The van der Waals surface area contributed by atoms with Crippen LogP contribution in [0.2, 0.25) is 0 Å². The van der Waals surface area contributed by atoms with Gasteiger partial charge in [0, 0.05) is 11.8 Å². The molecule has 2 heterocycles. The van der Waals surface area contributed by atoms with Crippen LogP contribution in [0.1, 0.15) is 115 Å². The van der Waals surface area contributed by atoms with Crippen molar-refractivity contribution in [2.75, 3.05) is 0 Å². The van der Waals surface area contributed by atoms with Crippen molar-refractivity contribution in [2.45, 2.75) is 142 Å². The number of carboxylic acid groups (broad SMARTS) is 1. The van der Waals surface area contributed by atoms with Crippen molar-refractivity contribution in [1.82, 2.24) is 0 Å². The number of phenols is 1. The molecular formula is C34H54O8. The maximum absolute atomic E-state index is 13.9. The van der Waals surface area contributed by atoms with E-state index in [0.717, 1.165) is 12.8 Å². The topological polar surface area (TPSA) is 134 Å². The Morgan fingerprint density at radius 3 is 2.33 bits per heavy atom. The number of benzene rings is 1. The summed E-state index contributed by atoms with van der Waals surface area (Å²) in [6, 6.07) is 3.40. The van der Waals surface area contributed by atoms with Crippen molar-refractivity contribution < 1.29 is 39.5 Å². The SMILES string of the molecule is CC[C@H](C(=O)[C@@H](C)[C@H](O)[C@@H](C)CCc1ccc(C)c(O)c1C(=O)O)[C@H]1O[C@](CC)([C@@H]2CC[C@](O)(CC)[C@H](C)O2)C[C@H]1C. The molecule has 0 spiro atoms. The Morgan fingerprint density at radius 1 is 1.12 bits per heavy atom. The van der Waals surface area contributed by atoms with Gasteiger partial charge >= 0.3 is 5.97 Å². The summed E-state index contributed by atoms with van der Waals surface area (Å²) < 4.78 is 13.2. The molecule has 0 unspecified atom stereocenters. The molecule has 4 N–H and O–H groups in total. The molecule has 42 heavy (non-hydrogen) atoms. The molecule has 0 saturated carbocycles. The molecular weight excluding hydrogens is 536 g/mol. The summed E-state index contributed by atoms with van der Waals surface area (Å²) in [6.45, 7) is 15.4. The van der Waals surface area contributed by atoms with Gasteiger partial charge in [-0.05, 0) is 88.2 Å². The zero-order chi connectivity index (χ0) is 31.6. The lowest BCUT2D eigenvalue weighted by atomic mass is 9.76. The van der Waals surface area contributed by atoms with Crippen molar-refractivity contribution in [3.63, 3.8) is 0 Å². The van der Waals surface area contributed by atoms with Crippen molar-refractivity contribution in [3.05, 3.63) is 28.8 Å². The van der Waals surface area contributed by atoms with Gasteiger partial charge in [0.15, 0.2) is 0 Å². The summed E-state index contributed by atoms with van der Waals surface area (Å²) >= 11 is 0. The lowest BCUT2D eigenvalue weighted by Gasteiger charge is -2.47. The molecule has 0 radical (unpaired) electrons. The van der Waals surface area contributed by atoms with E-state index in [4.69, 9.17) is 9.47 Å². The Kier molecular flexibility index (Phi) is 11.3. The molecule has 1 aromatic carbocycles. The summed E-state index contributed by atoms with van der Waals surface area (Å²) in [5.74, 6) is -2.55. The van der Waals surface area contributed by atoms with Crippen LogP contribution in [0.25, 0.3) is 0 Å². The molecule has 238 valence electrons. The number of aliphatic hydroxyl groups excluding tert-OH is 1. The summed E-state index contributed by atoms with van der Waals surface area (Å²) in [6.07, 6.45) is 3.34. The molecule has 2 aliphatic heterocycles. The van der Waals surface area contributed by atoms with E-state index >= 15 is 0 Å². The zero-order valence-electron chi connectivity index (χ0n) is 26.9. The number of aryl methyl sites for hydroxylation is 2. The molecule has 0 amide bonds. The van der Waals surface area contributed by atoms with Crippen LogP contribution in [0.4, 0.5) is 0 Å². The van der Waals surface area contributed by atoms with E-state index in [1.165, 1.54) is 0 Å². The monoisotopic (exact) mass is 590 g/mol. The number of rotatable bonds is 13. The number of hydrogen-bond acceptors (Lipinski definition) is 7. The van der Waals surface area contributed by atoms with Gasteiger partial charge < -0.3 is 29.9 Å². The van der Waals surface area contributed by atoms with Crippen molar-refractivity contribution in [3.8, 4) is 5.75 Å². The summed E-state index contributed by atoms with van der Waals surface area (Å²) in [5.41, 5.74) is -0.437.